The summed E-state index contributed by atoms with van der Waals surface area (Å²) >= 11 is 11.8. The van der Waals surface area contributed by atoms with Crippen LogP contribution in [0.25, 0.3) is 0 Å². The fourth-order valence-electron chi connectivity index (χ4n) is 2.75. The second-order valence-corrected chi connectivity index (χ2v) is 6.49. The van der Waals surface area contributed by atoms with Crippen molar-refractivity contribution in [2.45, 2.75) is 38.0 Å². The van der Waals surface area contributed by atoms with Gasteiger partial charge in [-0.2, -0.15) is 0 Å². The summed E-state index contributed by atoms with van der Waals surface area (Å²) in [5, 5.41) is 9.75. The van der Waals surface area contributed by atoms with Crippen LogP contribution in [0.1, 0.15) is 19.8 Å². The lowest BCUT2D eigenvalue weighted by Crippen LogP contribution is -2.44. The minimum absolute atomic E-state index is 0.120. The summed E-state index contributed by atoms with van der Waals surface area (Å²) in [5.74, 6) is -0.818. The largest absolute Gasteiger partial charge is 0.481 e. The zero-order valence-electron chi connectivity index (χ0n) is 13.4. The molecular weight excluding hydrogens is 357 g/mol. The number of rotatable bonds is 6. The van der Waals surface area contributed by atoms with Gasteiger partial charge in [0.2, 0.25) is 0 Å². The van der Waals surface area contributed by atoms with Crippen LogP contribution in [0.15, 0.2) is 18.2 Å². The number of nitrogens with zero attached hydrogens (tertiary/aromatic N) is 1. The molecule has 2 rings (SSSR count). The number of amides is 1. The summed E-state index contributed by atoms with van der Waals surface area (Å²) in [6.45, 7) is 1.96. The number of hydrogen-bond acceptors (Lipinski definition) is 4. The molecule has 1 N–H and O–H groups in total. The van der Waals surface area contributed by atoms with E-state index in [0.29, 0.717) is 28.8 Å². The van der Waals surface area contributed by atoms with Gasteiger partial charge in [-0.15, -0.1) is 0 Å². The highest BCUT2D eigenvalue weighted by atomic mass is 35.5. The highest BCUT2D eigenvalue weighted by Gasteiger charge is 2.38. The Kier molecular flexibility index (Phi) is 6.32. The second kappa shape index (κ2) is 8.05. The van der Waals surface area contributed by atoms with Gasteiger partial charge in [-0.1, -0.05) is 23.2 Å². The van der Waals surface area contributed by atoms with E-state index in [1.165, 1.54) is 11.0 Å². The molecule has 0 aromatic heterocycles. The highest BCUT2D eigenvalue weighted by Crippen LogP contribution is 2.28. The van der Waals surface area contributed by atoms with Crippen LogP contribution in [-0.4, -0.2) is 53.8 Å². The minimum Gasteiger partial charge on any atom is -0.481 e. The summed E-state index contributed by atoms with van der Waals surface area (Å²) in [5.41, 5.74) is 0. The van der Waals surface area contributed by atoms with Crippen molar-refractivity contribution in [1.29, 1.82) is 0 Å². The summed E-state index contributed by atoms with van der Waals surface area (Å²) < 4.78 is 10.9. The number of carboxylic acid groups (broad SMARTS) is 1. The van der Waals surface area contributed by atoms with Crippen LogP contribution in [0, 0.1) is 0 Å². The molecule has 1 aromatic rings. The van der Waals surface area contributed by atoms with Crippen molar-refractivity contribution in [3.05, 3.63) is 28.2 Å². The van der Waals surface area contributed by atoms with Gasteiger partial charge in [0.15, 0.2) is 6.10 Å². The van der Waals surface area contributed by atoms with E-state index in [-0.39, 0.29) is 18.4 Å². The molecule has 1 fully saturated rings. The van der Waals surface area contributed by atoms with Crippen LogP contribution in [0.3, 0.4) is 0 Å². The van der Waals surface area contributed by atoms with Gasteiger partial charge in [0.05, 0.1) is 22.6 Å². The van der Waals surface area contributed by atoms with Crippen LogP contribution in [0.5, 0.6) is 5.75 Å². The minimum atomic E-state index is -0.951. The van der Waals surface area contributed by atoms with Crippen molar-refractivity contribution in [3.8, 4) is 5.75 Å². The topological polar surface area (TPSA) is 76.1 Å². The monoisotopic (exact) mass is 375 g/mol. The van der Waals surface area contributed by atoms with Crippen LogP contribution in [0.2, 0.25) is 10.0 Å². The summed E-state index contributed by atoms with van der Waals surface area (Å²) in [6.07, 6.45) is -0.580. The fourth-order valence-corrected chi connectivity index (χ4v) is 3.04. The molecule has 1 aliphatic heterocycles. The smallest absolute Gasteiger partial charge is 0.305 e. The number of hydrogen-bond donors (Lipinski definition) is 1. The van der Waals surface area contributed by atoms with Crippen LogP contribution in [-0.2, 0) is 14.3 Å². The summed E-state index contributed by atoms with van der Waals surface area (Å²) in [4.78, 5) is 25.2. The third-order valence-electron chi connectivity index (χ3n) is 3.95. The Labute approximate surface area is 150 Å². The average Bonchev–Trinajstić information content (AvgIpc) is 2.92. The second-order valence-electron chi connectivity index (χ2n) is 5.67. The molecule has 0 bridgehead atoms. The van der Waals surface area contributed by atoms with E-state index in [4.69, 9.17) is 37.8 Å². The van der Waals surface area contributed by atoms with E-state index in [9.17, 15) is 9.59 Å². The number of halogens is 2. The lowest BCUT2D eigenvalue weighted by Gasteiger charge is -2.26. The number of carboxylic acids is 1. The molecule has 1 amide bonds. The van der Waals surface area contributed by atoms with E-state index in [2.05, 4.69) is 0 Å². The van der Waals surface area contributed by atoms with Crippen molar-refractivity contribution >= 4 is 35.1 Å². The molecule has 0 aliphatic carbocycles. The molecule has 0 spiro atoms. The molecule has 3 unspecified atom stereocenters. The fraction of sp³-hybridized carbons (Fsp3) is 0.500. The van der Waals surface area contributed by atoms with Gasteiger partial charge < -0.3 is 19.5 Å². The third-order valence-corrected chi connectivity index (χ3v) is 4.69. The number of ether oxygens (including phenoxy) is 2. The zero-order valence-corrected chi connectivity index (χ0v) is 14.9. The lowest BCUT2D eigenvalue weighted by molar-refractivity contribution is -0.142. The molecule has 1 aromatic carbocycles. The molecule has 0 radical (unpaired) electrons. The van der Waals surface area contributed by atoms with Gasteiger partial charge in [-0.25, -0.2) is 0 Å². The summed E-state index contributed by atoms with van der Waals surface area (Å²) in [6, 6.07) is 4.33. The van der Waals surface area contributed by atoms with Crippen molar-refractivity contribution in [3.63, 3.8) is 0 Å². The molecular formula is C16H19Cl2NO5. The third kappa shape index (κ3) is 4.53. The quantitative estimate of drug-likeness (QED) is 0.826. The van der Waals surface area contributed by atoms with E-state index >= 15 is 0 Å². The van der Waals surface area contributed by atoms with Crippen LogP contribution >= 0.6 is 23.2 Å². The van der Waals surface area contributed by atoms with E-state index in [1.54, 1.807) is 26.2 Å². The SMILES string of the molecule is COC1CC(CC(=O)O)N(C(=O)C(C)Oc2ccc(Cl)c(Cl)c2)C1. The molecule has 8 heteroatoms. The Hall–Kier alpha value is -1.50. The van der Waals surface area contributed by atoms with Gasteiger partial charge in [0.1, 0.15) is 5.75 Å². The average molecular weight is 376 g/mol. The molecule has 1 aliphatic rings. The molecule has 1 saturated heterocycles. The van der Waals surface area contributed by atoms with Gasteiger partial charge in [-0.3, -0.25) is 9.59 Å². The Morgan fingerprint density at radius 1 is 1.38 bits per heavy atom. The van der Waals surface area contributed by atoms with Crippen molar-refractivity contribution in [2.24, 2.45) is 0 Å². The molecule has 1 heterocycles. The number of methoxy groups -OCH3 is 1. The first-order chi connectivity index (χ1) is 11.3. The molecule has 24 heavy (non-hydrogen) atoms. The number of carbonyl (C=O) groups excluding carboxylic acids is 1. The van der Waals surface area contributed by atoms with Crippen LogP contribution in [0.4, 0.5) is 0 Å². The molecule has 3 atom stereocenters. The predicted molar refractivity (Wildman–Crippen MR) is 89.7 cm³/mol. The van der Waals surface area contributed by atoms with Gasteiger partial charge in [-0.05, 0) is 25.5 Å². The Morgan fingerprint density at radius 2 is 2.08 bits per heavy atom. The molecule has 6 nitrogen and oxygen atoms in total. The maximum absolute atomic E-state index is 12.6. The van der Waals surface area contributed by atoms with Crippen molar-refractivity contribution in [1.82, 2.24) is 4.90 Å². The van der Waals surface area contributed by atoms with Crippen molar-refractivity contribution < 1.29 is 24.2 Å². The normalized spacial score (nSPS) is 21.6. The first-order valence-electron chi connectivity index (χ1n) is 7.48. The van der Waals surface area contributed by atoms with Crippen LogP contribution < -0.4 is 4.74 Å². The van der Waals surface area contributed by atoms with E-state index < -0.39 is 18.1 Å². The predicted octanol–water partition coefficient (Wildman–Crippen LogP) is 2.85. The Morgan fingerprint density at radius 3 is 2.67 bits per heavy atom. The first kappa shape index (κ1) is 18.8. The Bertz CT molecular complexity index is 624. The van der Waals surface area contributed by atoms with E-state index in [1.807, 2.05) is 0 Å². The van der Waals surface area contributed by atoms with Crippen molar-refractivity contribution in [2.75, 3.05) is 13.7 Å². The summed E-state index contributed by atoms with van der Waals surface area (Å²) in [7, 11) is 1.55. The maximum atomic E-state index is 12.6. The number of carbonyl (C=O) groups is 2. The standard InChI is InChI=1S/C16H19Cl2NO5/c1-9(24-11-3-4-13(17)14(18)7-11)16(22)19-8-12(23-2)5-10(19)6-15(20)21/h3-4,7,9-10,12H,5-6,8H2,1-2H3,(H,20,21). The van der Waals surface area contributed by atoms with Gasteiger partial charge >= 0.3 is 5.97 Å². The zero-order chi connectivity index (χ0) is 17.9. The molecule has 132 valence electrons. The van der Waals surface area contributed by atoms with Gasteiger partial charge in [0, 0.05) is 25.8 Å². The Balaban J connectivity index is 2.07. The number of likely N-dealkylation sites (tertiary alicyclic amines) is 1. The maximum Gasteiger partial charge on any atom is 0.305 e. The highest BCUT2D eigenvalue weighted by molar-refractivity contribution is 6.42. The first-order valence-corrected chi connectivity index (χ1v) is 8.24. The van der Waals surface area contributed by atoms with Gasteiger partial charge in [0.25, 0.3) is 5.91 Å². The lowest BCUT2D eigenvalue weighted by atomic mass is 10.1. The van der Waals surface area contributed by atoms with E-state index in [0.717, 1.165) is 0 Å². The molecule has 0 saturated carbocycles. The number of benzene rings is 1. The number of aliphatic carboxylic acids is 1.